The van der Waals surface area contributed by atoms with Gasteiger partial charge in [0, 0.05) is 18.1 Å². The maximum absolute atomic E-state index is 12.4. The van der Waals surface area contributed by atoms with E-state index in [1.165, 1.54) is 11.3 Å². The van der Waals surface area contributed by atoms with E-state index in [1.807, 2.05) is 6.07 Å². The summed E-state index contributed by atoms with van der Waals surface area (Å²) in [7, 11) is 0. The van der Waals surface area contributed by atoms with Crippen LogP contribution >= 0.6 is 22.9 Å². The molecule has 1 atom stereocenters. The lowest BCUT2D eigenvalue weighted by Crippen LogP contribution is -2.54. The normalized spacial score (nSPS) is 19.0. The number of hydrogen-bond acceptors (Lipinski definition) is 4. The molecular weight excluding hydrogens is 314 g/mol. The van der Waals surface area contributed by atoms with Crippen LogP contribution in [-0.2, 0) is 14.3 Å². The first-order valence-electron chi connectivity index (χ1n) is 6.79. The Bertz CT molecular complexity index is 525. The third kappa shape index (κ3) is 4.18. The van der Waals surface area contributed by atoms with Crippen molar-refractivity contribution in [3.63, 3.8) is 0 Å². The molecule has 0 radical (unpaired) electrons. The van der Waals surface area contributed by atoms with Crippen molar-refractivity contribution in [3.8, 4) is 0 Å². The molecule has 1 amide bonds. The summed E-state index contributed by atoms with van der Waals surface area (Å²) in [6.45, 7) is 2.73. The van der Waals surface area contributed by atoms with E-state index in [4.69, 9.17) is 21.4 Å². The Kier molecular flexibility index (Phi) is 5.24. The first kappa shape index (κ1) is 16.3. The molecule has 2 heterocycles. The number of nitrogens with one attached hydrogen (secondary N) is 1. The molecule has 1 aromatic rings. The highest BCUT2D eigenvalue weighted by atomic mass is 35.5. The largest absolute Gasteiger partial charge is 0.481 e. The van der Waals surface area contributed by atoms with Gasteiger partial charge in [-0.3, -0.25) is 9.59 Å². The summed E-state index contributed by atoms with van der Waals surface area (Å²) in [6.07, 6.45) is 0.950. The molecule has 0 saturated carbocycles. The number of carbonyl (C=O) groups is 2. The molecule has 1 aliphatic rings. The zero-order valence-corrected chi connectivity index (χ0v) is 13.3. The van der Waals surface area contributed by atoms with E-state index in [0.717, 1.165) is 4.88 Å². The molecule has 2 N–H and O–H groups in total. The van der Waals surface area contributed by atoms with Crippen LogP contribution in [0.2, 0.25) is 4.34 Å². The van der Waals surface area contributed by atoms with Gasteiger partial charge in [0.2, 0.25) is 5.91 Å². The summed E-state index contributed by atoms with van der Waals surface area (Å²) in [4.78, 5) is 24.4. The number of rotatable bonds is 5. The number of aliphatic carboxylic acids is 1. The molecule has 1 fully saturated rings. The minimum absolute atomic E-state index is 0.0833. The van der Waals surface area contributed by atoms with Crippen molar-refractivity contribution in [2.24, 2.45) is 0 Å². The zero-order chi connectivity index (χ0) is 15.5. The maximum atomic E-state index is 12.4. The van der Waals surface area contributed by atoms with E-state index >= 15 is 0 Å². The Morgan fingerprint density at radius 1 is 1.48 bits per heavy atom. The molecular formula is C14H18ClNO4S. The van der Waals surface area contributed by atoms with E-state index in [2.05, 4.69) is 5.32 Å². The van der Waals surface area contributed by atoms with Crippen molar-refractivity contribution in [2.75, 3.05) is 13.2 Å². The Morgan fingerprint density at radius 3 is 2.67 bits per heavy atom. The van der Waals surface area contributed by atoms with Gasteiger partial charge in [-0.1, -0.05) is 11.6 Å². The topological polar surface area (TPSA) is 75.6 Å². The number of halogens is 1. The predicted octanol–water partition coefficient (Wildman–Crippen LogP) is 2.65. The number of ether oxygens (including phenoxy) is 1. The summed E-state index contributed by atoms with van der Waals surface area (Å²) in [5.74, 6) is -1.43. The Morgan fingerprint density at radius 2 is 2.14 bits per heavy atom. The molecule has 0 aliphatic carbocycles. The average Bonchev–Trinajstić information content (AvgIpc) is 2.84. The van der Waals surface area contributed by atoms with Crippen LogP contribution in [-0.4, -0.2) is 35.7 Å². The van der Waals surface area contributed by atoms with Gasteiger partial charge in [0.15, 0.2) is 0 Å². The van der Waals surface area contributed by atoms with Crippen LogP contribution in [0, 0.1) is 0 Å². The fraction of sp³-hybridized carbons (Fsp3) is 0.571. The van der Waals surface area contributed by atoms with Crippen LogP contribution in [0.15, 0.2) is 12.1 Å². The molecule has 116 valence electrons. The van der Waals surface area contributed by atoms with Gasteiger partial charge in [0.1, 0.15) is 0 Å². The van der Waals surface area contributed by atoms with Gasteiger partial charge in [-0.15, -0.1) is 11.3 Å². The van der Waals surface area contributed by atoms with Gasteiger partial charge >= 0.3 is 5.97 Å². The number of hydrogen-bond donors (Lipinski definition) is 2. The molecule has 1 saturated heterocycles. The van der Waals surface area contributed by atoms with Crippen molar-refractivity contribution in [2.45, 2.75) is 37.6 Å². The van der Waals surface area contributed by atoms with Crippen LogP contribution in [0.1, 0.15) is 37.0 Å². The van der Waals surface area contributed by atoms with Crippen molar-refractivity contribution in [1.29, 1.82) is 0 Å². The van der Waals surface area contributed by atoms with Crippen LogP contribution in [0.5, 0.6) is 0 Å². The van der Waals surface area contributed by atoms with Gasteiger partial charge in [-0.25, -0.2) is 0 Å². The number of carboxylic acids is 1. The molecule has 0 spiro atoms. The van der Waals surface area contributed by atoms with E-state index in [1.54, 1.807) is 13.0 Å². The highest BCUT2D eigenvalue weighted by Crippen LogP contribution is 2.30. The summed E-state index contributed by atoms with van der Waals surface area (Å²) in [5, 5.41) is 12.0. The molecule has 7 heteroatoms. The molecule has 1 aliphatic heterocycles. The first-order chi connectivity index (χ1) is 9.92. The molecule has 0 aromatic carbocycles. The molecule has 21 heavy (non-hydrogen) atoms. The van der Waals surface area contributed by atoms with Crippen molar-refractivity contribution in [3.05, 3.63) is 21.3 Å². The van der Waals surface area contributed by atoms with Crippen LogP contribution in [0.25, 0.3) is 0 Å². The summed E-state index contributed by atoms with van der Waals surface area (Å²) in [5.41, 5.74) is -0.712. The minimum Gasteiger partial charge on any atom is -0.481 e. The van der Waals surface area contributed by atoms with E-state index < -0.39 is 11.5 Å². The maximum Gasteiger partial charge on any atom is 0.305 e. The number of thiophene rings is 1. The average molecular weight is 332 g/mol. The van der Waals surface area contributed by atoms with Gasteiger partial charge in [-0.2, -0.15) is 0 Å². The first-order valence-corrected chi connectivity index (χ1v) is 7.98. The summed E-state index contributed by atoms with van der Waals surface area (Å²) in [6, 6.07) is 3.58. The van der Waals surface area contributed by atoms with Gasteiger partial charge in [-0.05, 0) is 31.9 Å². The lowest BCUT2D eigenvalue weighted by molar-refractivity contribution is -0.140. The lowest BCUT2D eigenvalue weighted by Gasteiger charge is -2.37. The van der Waals surface area contributed by atoms with Crippen LogP contribution < -0.4 is 5.32 Å². The Labute approximate surface area is 132 Å². The zero-order valence-electron chi connectivity index (χ0n) is 11.7. The van der Waals surface area contributed by atoms with Gasteiger partial charge < -0.3 is 15.2 Å². The number of amides is 1. The SMILES string of the molecule is CC(C(=O)NC1(CC(=O)O)CCOCC1)c1ccc(Cl)s1. The number of carboxylic acid groups (broad SMARTS) is 1. The van der Waals surface area contributed by atoms with Crippen molar-refractivity contribution >= 4 is 34.8 Å². The van der Waals surface area contributed by atoms with Gasteiger partial charge in [0.05, 0.1) is 22.2 Å². The fourth-order valence-electron chi connectivity index (χ4n) is 2.46. The quantitative estimate of drug-likeness (QED) is 0.869. The third-order valence-corrected chi connectivity index (χ3v) is 5.16. The second-order valence-corrected chi connectivity index (χ2v) is 7.06. The monoisotopic (exact) mass is 331 g/mol. The standard InChI is InChI=1S/C14H18ClNO4S/c1-9(10-2-3-11(15)21-10)13(19)16-14(8-12(17)18)4-6-20-7-5-14/h2-3,9H,4-8H2,1H3,(H,16,19)(H,17,18). The van der Waals surface area contributed by atoms with Crippen LogP contribution in [0.3, 0.4) is 0 Å². The second-order valence-electron chi connectivity index (χ2n) is 5.32. The summed E-state index contributed by atoms with van der Waals surface area (Å²) < 4.78 is 5.91. The van der Waals surface area contributed by atoms with Gasteiger partial charge in [0.25, 0.3) is 0 Å². The van der Waals surface area contributed by atoms with E-state index in [0.29, 0.717) is 30.4 Å². The second kappa shape index (κ2) is 6.77. The molecule has 2 rings (SSSR count). The Balaban J connectivity index is 2.08. The highest BCUT2D eigenvalue weighted by molar-refractivity contribution is 7.16. The lowest BCUT2D eigenvalue weighted by atomic mass is 9.86. The smallest absolute Gasteiger partial charge is 0.305 e. The number of carbonyl (C=O) groups excluding carboxylic acids is 1. The van der Waals surface area contributed by atoms with Crippen molar-refractivity contribution < 1.29 is 19.4 Å². The van der Waals surface area contributed by atoms with Crippen molar-refractivity contribution in [1.82, 2.24) is 5.32 Å². The highest BCUT2D eigenvalue weighted by Gasteiger charge is 2.37. The van der Waals surface area contributed by atoms with E-state index in [9.17, 15) is 9.59 Å². The molecule has 1 aromatic heterocycles. The summed E-state index contributed by atoms with van der Waals surface area (Å²) >= 11 is 7.25. The molecule has 1 unspecified atom stereocenters. The van der Waals surface area contributed by atoms with E-state index in [-0.39, 0.29) is 18.2 Å². The minimum atomic E-state index is -0.913. The Hall–Kier alpha value is -1.11. The predicted molar refractivity (Wildman–Crippen MR) is 80.9 cm³/mol. The van der Waals surface area contributed by atoms with Crippen LogP contribution in [0.4, 0.5) is 0 Å². The fourth-order valence-corrected chi connectivity index (χ4v) is 3.57. The molecule has 0 bridgehead atoms. The molecule has 5 nitrogen and oxygen atoms in total. The third-order valence-electron chi connectivity index (χ3n) is 3.74.